The molecule has 0 N–H and O–H groups in total. The molecule has 132 valence electrons. The van der Waals surface area contributed by atoms with Crippen LogP contribution >= 0.6 is 0 Å². The Morgan fingerprint density at radius 2 is 1.58 bits per heavy atom. The van der Waals surface area contributed by atoms with Crippen LogP contribution < -0.4 is 4.74 Å². The van der Waals surface area contributed by atoms with Crippen molar-refractivity contribution in [1.82, 2.24) is 9.80 Å². The number of aryl methyl sites for hydroxylation is 1. The van der Waals surface area contributed by atoms with E-state index in [2.05, 4.69) is 0 Å². The van der Waals surface area contributed by atoms with Gasteiger partial charge in [0, 0.05) is 39.7 Å². The van der Waals surface area contributed by atoms with Crippen LogP contribution in [0.4, 0.5) is 0 Å². The Bertz CT molecular complexity index is 536. The Hall–Kier alpha value is -2.08. The van der Waals surface area contributed by atoms with Crippen LogP contribution in [0.3, 0.4) is 0 Å². The van der Waals surface area contributed by atoms with Gasteiger partial charge in [0.1, 0.15) is 12.4 Å². The molecule has 2 rings (SSSR count). The highest BCUT2D eigenvalue weighted by atomic mass is 16.5. The van der Waals surface area contributed by atoms with Crippen molar-refractivity contribution < 1.29 is 19.1 Å². The second-order valence-corrected chi connectivity index (χ2v) is 5.96. The molecule has 2 amide bonds. The van der Waals surface area contributed by atoms with Crippen molar-refractivity contribution in [3.63, 3.8) is 0 Å². The van der Waals surface area contributed by atoms with Crippen LogP contribution in [0.25, 0.3) is 0 Å². The van der Waals surface area contributed by atoms with E-state index in [-0.39, 0.29) is 18.4 Å². The van der Waals surface area contributed by atoms with Crippen LogP contribution in [0.15, 0.2) is 24.3 Å². The van der Waals surface area contributed by atoms with Gasteiger partial charge in [-0.1, -0.05) is 17.7 Å². The molecule has 1 aliphatic heterocycles. The predicted molar refractivity (Wildman–Crippen MR) is 90.9 cm³/mol. The first-order valence-corrected chi connectivity index (χ1v) is 8.34. The van der Waals surface area contributed by atoms with E-state index in [1.807, 2.05) is 36.1 Å². The van der Waals surface area contributed by atoms with Gasteiger partial charge in [0.25, 0.3) is 0 Å². The van der Waals surface area contributed by atoms with Gasteiger partial charge in [0.05, 0.1) is 6.61 Å². The molecule has 1 fully saturated rings. The fourth-order valence-corrected chi connectivity index (χ4v) is 2.63. The van der Waals surface area contributed by atoms with E-state index in [1.165, 1.54) is 12.7 Å². The highest BCUT2D eigenvalue weighted by Crippen LogP contribution is 2.12. The van der Waals surface area contributed by atoms with Crippen molar-refractivity contribution in [2.24, 2.45) is 0 Å². The largest absolute Gasteiger partial charge is 0.494 e. The number of rotatable bonds is 7. The zero-order chi connectivity index (χ0) is 17.4. The number of hydrogen-bond donors (Lipinski definition) is 0. The summed E-state index contributed by atoms with van der Waals surface area (Å²) in [5.74, 6) is 0.941. The number of carbonyl (C=O) groups is 2. The van der Waals surface area contributed by atoms with Crippen molar-refractivity contribution >= 4 is 11.8 Å². The zero-order valence-electron chi connectivity index (χ0n) is 14.5. The molecule has 0 aromatic heterocycles. The summed E-state index contributed by atoms with van der Waals surface area (Å²) >= 11 is 0. The molecule has 0 spiro atoms. The second kappa shape index (κ2) is 9.27. The zero-order valence-corrected chi connectivity index (χ0v) is 14.5. The lowest BCUT2D eigenvalue weighted by molar-refractivity contribution is -0.141. The van der Waals surface area contributed by atoms with E-state index in [0.29, 0.717) is 45.6 Å². The van der Waals surface area contributed by atoms with Crippen molar-refractivity contribution in [2.75, 3.05) is 46.5 Å². The van der Waals surface area contributed by atoms with Gasteiger partial charge in [0.15, 0.2) is 0 Å². The summed E-state index contributed by atoms with van der Waals surface area (Å²) in [6.45, 7) is 5.00. The van der Waals surface area contributed by atoms with Gasteiger partial charge >= 0.3 is 0 Å². The third-order valence-electron chi connectivity index (χ3n) is 4.08. The molecular weight excluding hydrogens is 308 g/mol. The molecule has 0 atom stereocenters. The summed E-state index contributed by atoms with van der Waals surface area (Å²) in [6, 6.07) is 7.89. The molecule has 0 aliphatic carbocycles. The third-order valence-corrected chi connectivity index (χ3v) is 4.08. The van der Waals surface area contributed by atoms with Crippen molar-refractivity contribution in [3.05, 3.63) is 29.8 Å². The molecule has 1 saturated heterocycles. The number of nitrogens with zero attached hydrogens (tertiary/aromatic N) is 2. The third kappa shape index (κ3) is 5.53. The Balaban J connectivity index is 1.63. The Morgan fingerprint density at radius 1 is 1.00 bits per heavy atom. The van der Waals surface area contributed by atoms with Gasteiger partial charge in [-0.2, -0.15) is 0 Å². The molecule has 24 heavy (non-hydrogen) atoms. The summed E-state index contributed by atoms with van der Waals surface area (Å²) < 4.78 is 10.5. The van der Waals surface area contributed by atoms with E-state index in [0.717, 1.165) is 5.75 Å². The van der Waals surface area contributed by atoms with Crippen LogP contribution in [0.5, 0.6) is 5.75 Å². The Kier molecular flexibility index (Phi) is 7.06. The highest BCUT2D eigenvalue weighted by molar-refractivity contribution is 5.79. The van der Waals surface area contributed by atoms with Crippen LogP contribution in [0, 0.1) is 6.92 Å². The first-order valence-electron chi connectivity index (χ1n) is 8.34. The minimum absolute atomic E-state index is 0.0175. The molecule has 0 saturated carbocycles. The summed E-state index contributed by atoms with van der Waals surface area (Å²) in [5.41, 5.74) is 1.20. The molecule has 1 aromatic rings. The molecule has 6 nitrogen and oxygen atoms in total. The van der Waals surface area contributed by atoms with Crippen LogP contribution in [0.1, 0.15) is 18.4 Å². The van der Waals surface area contributed by atoms with Crippen molar-refractivity contribution in [3.8, 4) is 5.75 Å². The lowest BCUT2D eigenvalue weighted by Gasteiger charge is -2.34. The van der Waals surface area contributed by atoms with Gasteiger partial charge in [-0.3, -0.25) is 9.59 Å². The maximum absolute atomic E-state index is 12.2. The SMILES string of the molecule is COCC(=O)N1CCN(C(=O)CCCOc2ccc(C)cc2)CC1. The van der Waals surface area contributed by atoms with Crippen LogP contribution in [-0.2, 0) is 14.3 Å². The minimum Gasteiger partial charge on any atom is -0.494 e. The topological polar surface area (TPSA) is 59.1 Å². The summed E-state index contributed by atoms with van der Waals surface area (Å²) in [7, 11) is 1.51. The molecular formula is C18H26N2O4. The smallest absolute Gasteiger partial charge is 0.248 e. The molecule has 1 aromatic carbocycles. The number of methoxy groups -OCH3 is 1. The summed E-state index contributed by atoms with van der Waals surface area (Å²) in [6.07, 6.45) is 1.16. The number of carbonyl (C=O) groups excluding carboxylic acids is 2. The Morgan fingerprint density at radius 3 is 2.17 bits per heavy atom. The quantitative estimate of drug-likeness (QED) is 0.709. The summed E-state index contributed by atoms with van der Waals surface area (Å²) in [4.78, 5) is 27.5. The van der Waals surface area contributed by atoms with E-state index >= 15 is 0 Å². The Labute approximate surface area is 143 Å². The number of piperazine rings is 1. The average Bonchev–Trinajstić information content (AvgIpc) is 2.60. The van der Waals surface area contributed by atoms with Gasteiger partial charge in [-0.05, 0) is 25.5 Å². The molecule has 1 heterocycles. The van der Waals surface area contributed by atoms with Gasteiger partial charge < -0.3 is 19.3 Å². The lowest BCUT2D eigenvalue weighted by atomic mass is 10.2. The van der Waals surface area contributed by atoms with Crippen LogP contribution in [-0.4, -0.2) is 68.1 Å². The fraction of sp³-hybridized carbons (Fsp3) is 0.556. The average molecular weight is 334 g/mol. The molecule has 1 aliphatic rings. The molecule has 6 heteroatoms. The number of hydrogen-bond acceptors (Lipinski definition) is 4. The molecule has 0 bridgehead atoms. The molecule has 0 unspecified atom stereocenters. The minimum atomic E-state index is -0.0175. The summed E-state index contributed by atoms with van der Waals surface area (Å²) in [5, 5.41) is 0. The van der Waals surface area contributed by atoms with E-state index in [9.17, 15) is 9.59 Å². The number of ether oxygens (including phenoxy) is 2. The van der Waals surface area contributed by atoms with Gasteiger partial charge in [0.2, 0.25) is 11.8 Å². The molecule has 0 radical (unpaired) electrons. The van der Waals surface area contributed by atoms with E-state index in [4.69, 9.17) is 9.47 Å². The highest BCUT2D eigenvalue weighted by Gasteiger charge is 2.23. The van der Waals surface area contributed by atoms with Crippen molar-refractivity contribution in [1.29, 1.82) is 0 Å². The first-order chi connectivity index (χ1) is 11.6. The van der Waals surface area contributed by atoms with Gasteiger partial charge in [-0.15, -0.1) is 0 Å². The monoisotopic (exact) mass is 334 g/mol. The van der Waals surface area contributed by atoms with Crippen LogP contribution in [0.2, 0.25) is 0 Å². The normalized spacial score (nSPS) is 14.6. The maximum atomic E-state index is 12.2. The van der Waals surface area contributed by atoms with Gasteiger partial charge in [-0.25, -0.2) is 0 Å². The predicted octanol–water partition coefficient (Wildman–Crippen LogP) is 1.47. The van der Waals surface area contributed by atoms with E-state index in [1.54, 1.807) is 4.90 Å². The number of benzene rings is 1. The number of amides is 2. The lowest BCUT2D eigenvalue weighted by Crippen LogP contribution is -2.51. The second-order valence-electron chi connectivity index (χ2n) is 5.96. The first kappa shape index (κ1) is 18.3. The fourth-order valence-electron chi connectivity index (χ4n) is 2.63. The maximum Gasteiger partial charge on any atom is 0.248 e. The van der Waals surface area contributed by atoms with E-state index < -0.39 is 0 Å². The van der Waals surface area contributed by atoms with Crippen molar-refractivity contribution in [2.45, 2.75) is 19.8 Å². The standard InChI is InChI=1S/C18H26N2O4/c1-15-5-7-16(8-6-15)24-13-3-4-17(21)19-9-11-20(12-10-19)18(22)14-23-2/h5-8H,3-4,9-14H2,1-2H3.